The van der Waals surface area contributed by atoms with Gasteiger partial charge in [0.05, 0.1) is 0 Å². The molecule has 20 heavy (non-hydrogen) atoms. The molecule has 0 unspecified atom stereocenters. The quantitative estimate of drug-likeness (QED) is 0.846. The predicted octanol–water partition coefficient (Wildman–Crippen LogP) is 2.86. The van der Waals surface area contributed by atoms with Crippen LogP contribution < -0.4 is 10.6 Å². The summed E-state index contributed by atoms with van der Waals surface area (Å²) >= 11 is 0. The second-order valence-corrected chi connectivity index (χ2v) is 5.20. The third-order valence-corrected chi connectivity index (χ3v) is 2.75. The van der Waals surface area contributed by atoms with Gasteiger partial charge in [0.15, 0.2) is 0 Å². The fourth-order valence-corrected chi connectivity index (χ4v) is 1.73. The second-order valence-electron chi connectivity index (χ2n) is 5.20. The molecule has 0 aliphatic rings. The van der Waals surface area contributed by atoms with E-state index in [4.69, 9.17) is 0 Å². The molecule has 0 aliphatic heterocycles. The van der Waals surface area contributed by atoms with Crippen molar-refractivity contribution in [3.05, 3.63) is 41.9 Å². The minimum Gasteiger partial charge on any atom is -0.370 e. The van der Waals surface area contributed by atoms with E-state index in [-0.39, 0.29) is 0 Å². The van der Waals surface area contributed by atoms with E-state index in [0.717, 1.165) is 23.6 Å². The molecule has 2 N–H and O–H groups in total. The van der Waals surface area contributed by atoms with Crippen LogP contribution in [0.4, 0.5) is 11.8 Å². The summed E-state index contributed by atoms with van der Waals surface area (Å²) in [6.07, 6.45) is 3.56. The van der Waals surface area contributed by atoms with Crippen molar-refractivity contribution in [3.8, 4) is 0 Å². The Bertz CT molecular complexity index is 539. The van der Waals surface area contributed by atoms with Gasteiger partial charge in [0.25, 0.3) is 0 Å². The van der Waals surface area contributed by atoms with Crippen molar-refractivity contribution in [2.75, 3.05) is 17.2 Å². The van der Waals surface area contributed by atoms with E-state index in [1.807, 2.05) is 25.1 Å². The van der Waals surface area contributed by atoms with Gasteiger partial charge in [0.1, 0.15) is 5.82 Å². The molecular formula is C15H21N5. The fraction of sp³-hybridized carbons (Fsp3) is 0.400. The van der Waals surface area contributed by atoms with Gasteiger partial charge >= 0.3 is 0 Å². The van der Waals surface area contributed by atoms with E-state index < -0.39 is 0 Å². The summed E-state index contributed by atoms with van der Waals surface area (Å²) < 4.78 is 0. The smallest absolute Gasteiger partial charge is 0.225 e. The molecule has 5 heteroatoms. The summed E-state index contributed by atoms with van der Waals surface area (Å²) in [5.41, 5.74) is 2.10. The van der Waals surface area contributed by atoms with Crippen LogP contribution in [0.15, 0.2) is 30.6 Å². The Morgan fingerprint density at radius 2 is 1.85 bits per heavy atom. The molecule has 2 aromatic rings. The van der Waals surface area contributed by atoms with Gasteiger partial charge in [0, 0.05) is 37.2 Å². The van der Waals surface area contributed by atoms with Crippen LogP contribution in [0.1, 0.15) is 25.1 Å². The van der Waals surface area contributed by atoms with Crippen molar-refractivity contribution in [3.63, 3.8) is 0 Å². The van der Waals surface area contributed by atoms with E-state index >= 15 is 0 Å². The van der Waals surface area contributed by atoms with Gasteiger partial charge in [-0.2, -0.15) is 4.98 Å². The molecular weight excluding hydrogens is 250 g/mol. The van der Waals surface area contributed by atoms with Crippen molar-refractivity contribution in [1.29, 1.82) is 0 Å². The lowest BCUT2D eigenvalue weighted by molar-refractivity contribution is 0.686. The summed E-state index contributed by atoms with van der Waals surface area (Å²) in [5.74, 6) is 2.09. The first-order chi connectivity index (χ1) is 9.63. The maximum absolute atomic E-state index is 4.47. The molecule has 106 valence electrons. The summed E-state index contributed by atoms with van der Waals surface area (Å²) in [6, 6.07) is 5.90. The zero-order valence-corrected chi connectivity index (χ0v) is 12.2. The molecule has 0 saturated carbocycles. The zero-order chi connectivity index (χ0) is 14.4. The fourth-order valence-electron chi connectivity index (χ4n) is 1.73. The maximum atomic E-state index is 4.47. The lowest BCUT2D eigenvalue weighted by Crippen LogP contribution is -2.11. The minimum atomic E-state index is 0.582. The molecule has 0 spiro atoms. The van der Waals surface area contributed by atoms with Crippen molar-refractivity contribution < 1.29 is 0 Å². The molecule has 0 fully saturated rings. The Morgan fingerprint density at radius 3 is 2.55 bits per heavy atom. The molecule has 0 radical (unpaired) electrons. The molecule has 5 nitrogen and oxygen atoms in total. The average molecular weight is 271 g/mol. The van der Waals surface area contributed by atoms with Crippen molar-refractivity contribution in [2.45, 2.75) is 27.3 Å². The molecule has 0 bridgehead atoms. The molecule has 2 rings (SSSR count). The van der Waals surface area contributed by atoms with Crippen LogP contribution in [-0.2, 0) is 6.54 Å². The number of nitrogens with zero attached hydrogens (tertiary/aromatic N) is 3. The van der Waals surface area contributed by atoms with Crippen molar-refractivity contribution >= 4 is 11.8 Å². The summed E-state index contributed by atoms with van der Waals surface area (Å²) in [7, 11) is 0. The Labute approximate surface area is 119 Å². The Morgan fingerprint density at radius 1 is 1.10 bits per heavy atom. The van der Waals surface area contributed by atoms with Gasteiger partial charge in [-0.3, -0.25) is 4.98 Å². The van der Waals surface area contributed by atoms with Crippen LogP contribution in [-0.4, -0.2) is 21.5 Å². The van der Waals surface area contributed by atoms with Crippen LogP contribution >= 0.6 is 0 Å². The van der Waals surface area contributed by atoms with E-state index in [1.165, 1.54) is 0 Å². The number of hydrogen-bond donors (Lipinski definition) is 2. The van der Waals surface area contributed by atoms with Gasteiger partial charge in [0.2, 0.25) is 5.95 Å². The van der Waals surface area contributed by atoms with Gasteiger partial charge in [-0.25, -0.2) is 4.98 Å². The number of anilines is 2. The number of nitrogens with one attached hydrogen (secondary N) is 2. The number of hydrogen-bond acceptors (Lipinski definition) is 5. The largest absolute Gasteiger partial charge is 0.370 e. The highest BCUT2D eigenvalue weighted by atomic mass is 15.1. The van der Waals surface area contributed by atoms with E-state index in [1.54, 1.807) is 12.4 Å². The molecule has 0 aromatic carbocycles. The Hall–Kier alpha value is -2.17. The average Bonchev–Trinajstić information content (AvgIpc) is 2.44. The molecule has 2 aromatic heterocycles. The first-order valence-corrected chi connectivity index (χ1v) is 6.86. The van der Waals surface area contributed by atoms with Crippen LogP contribution in [0.25, 0.3) is 0 Å². The monoisotopic (exact) mass is 271 g/mol. The first kappa shape index (κ1) is 14.2. The van der Waals surface area contributed by atoms with Crippen LogP contribution in [0.3, 0.4) is 0 Å². The number of aryl methyl sites for hydroxylation is 1. The van der Waals surface area contributed by atoms with E-state index in [9.17, 15) is 0 Å². The van der Waals surface area contributed by atoms with Gasteiger partial charge in [-0.1, -0.05) is 13.8 Å². The first-order valence-electron chi connectivity index (χ1n) is 6.86. The number of rotatable bonds is 6. The maximum Gasteiger partial charge on any atom is 0.225 e. The van der Waals surface area contributed by atoms with Gasteiger partial charge < -0.3 is 10.6 Å². The molecule has 2 heterocycles. The normalized spacial score (nSPS) is 10.6. The Kier molecular flexibility index (Phi) is 4.87. The SMILES string of the molecule is Cc1cc(NCC(C)C)nc(NCc2ccncc2)n1. The van der Waals surface area contributed by atoms with Crippen molar-refractivity contribution in [2.24, 2.45) is 5.92 Å². The number of pyridine rings is 1. The summed E-state index contributed by atoms with van der Waals surface area (Å²) in [4.78, 5) is 12.9. The van der Waals surface area contributed by atoms with E-state index in [2.05, 4.69) is 39.4 Å². The van der Waals surface area contributed by atoms with E-state index in [0.29, 0.717) is 18.4 Å². The zero-order valence-electron chi connectivity index (χ0n) is 12.2. The highest BCUT2D eigenvalue weighted by molar-refractivity contribution is 5.42. The third-order valence-electron chi connectivity index (χ3n) is 2.75. The molecule has 0 amide bonds. The molecule has 0 atom stereocenters. The van der Waals surface area contributed by atoms with Crippen LogP contribution in [0.2, 0.25) is 0 Å². The Balaban J connectivity index is 2.00. The van der Waals surface area contributed by atoms with Crippen LogP contribution in [0.5, 0.6) is 0 Å². The summed E-state index contributed by atoms with van der Waals surface area (Å²) in [6.45, 7) is 7.91. The topological polar surface area (TPSA) is 62.7 Å². The van der Waals surface area contributed by atoms with Gasteiger partial charge in [-0.05, 0) is 30.5 Å². The minimum absolute atomic E-state index is 0.582. The third kappa shape index (κ3) is 4.50. The highest BCUT2D eigenvalue weighted by Crippen LogP contribution is 2.11. The standard InChI is InChI=1S/C15H21N5/c1-11(2)9-17-14-8-12(3)19-15(20-14)18-10-13-4-6-16-7-5-13/h4-8,11H,9-10H2,1-3H3,(H2,17,18,19,20). The summed E-state index contributed by atoms with van der Waals surface area (Å²) in [5, 5.41) is 6.56. The van der Waals surface area contributed by atoms with Crippen LogP contribution in [0, 0.1) is 12.8 Å². The lowest BCUT2D eigenvalue weighted by Gasteiger charge is -2.11. The molecule has 0 aliphatic carbocycles. The number of aromatic nitrogens is 3. The van der Waals surface area contributed by atoms with Crippen molar-refractivity contribution in [1.82, 2.24) is 15.0 Å². The lowest BCUT2D eigenvalue weighted by atomic mass is 10.2. The van der Waals surface area contributed by atoms with Gasteiger partial charge in [-0.15, -0.1) is 0 Å². The molecule has 0 saturated heterocycles. The second kappa shape index (κ2) is 6.84. The highest BCUT2D eigenvalue weighted by Gasteiger charge is 2.03. The predicted molar refractivity (Wildman–Crippen MR) is 81.7 cm³/mol.